The molecule has 0 bridgehead atoms. The van der Waals surface area contributed by atoms with Crippen LogP contribution in [0, 0.1) is 0 Å². The van der Waals surface area contributed by atoms with Crippen molar-refractivity contribution in [2.75, 3.05) is 11.9 Å². The molecule has 0 fully saturated rings. The van der Waals surface area contributed by atoms with E-state index in [1.165, 1.54) is 4.90 Å². The fourth-order valence-electron chi connectivity index (χ4n) is 1.11. The highest BCUT2D eigenvalue weighted by Crippen LogP contribution is 2.19. The molecule has 0 aromatic heterocycles. The van der Waals surface area contributed by atoms with Gasteiger partial charge in [0.1, 0.15) is 5.75 Å². The van der Waals surface area contributed by atoms with Gasteiger partial charge in [0.05, 0.1) is 0 Å². The van der Waals surface area contributed by atoms with Crippen molar-refractivity contribution in [3.63, 3.8) is 0 Å². The Hall–Kier alpha value is -1.77. The molecule has 1 N–H and O–H groups in total. The molecule has 0 heterocycles. The van der Waals surface area contributed by atoms with Crippen molar-refractivity contribution in [2.45, 2.75) is 6.42 Å². The summed E-state index contributed by atoms with van der Waals surface area (Å²) in [6.45, 7) is 3.50. The zero-order valence-corrected chi connectivity index (χ0v) is 8.10. The van der Waals surface area contributed by atoms with Gasteiger partial charge in [-0.3, -0.25) is 4.79 Å². The Balaban J connectivity index is 2.83. The Morgan fingerprint density at radius 3 is 2.93 bits per heavy atom. The summed E-state index contributed by atoms with van der Waals surface area (Å²) in [7, 11) is 1.67. The SMILES string of the molecule is C=CCC(=O)N(C)c1cccc(O)c1. The number of nitrogens with zero attached hydrogens (tertiary/aromatic N) is 1. The second-order valence-corrected chi connectivity index (χ2v) is 2.97. The molecule has 74 valence electrons. The van der Waals surface area contributed by atoms with Crippen molar-refractivity contribution in [3.8, 4) is 5.75 Å². The summed E-state index contributed by atoms with van der Waals surface area (Å²) in [4.78, 5) is 12.9. The molecule has 1 rings (SSSR count). The number of anilines is 1. The second kappa shape index (κ2) is 4.46. The van der Waals surface area contributed by atoms with Crippen molar-refractivity contribution in [1.82, 2.24) is 0 Å². The summed E-state index contributed by atoms with van der Waals surface area (Å²) in [5, 5.41) is 9.22. The van der Waals surface area contributed by atoms with Gasteiger partial charge in [-0.1, -0.05) is 12.1 Å². The minimum atomic E-state index is -0.0504. The van der Waals surface area contributed by atoms with Gasteiger partial charge in [-0.15, -0.1) is 6.58 Å². The van der Waals surface area contributed by atoms with Gasteiger partial charge in [0, 0.05) is 25.2 Å². The highest BCUT2D eigenvalue weighted by Gasteiger charge is 2.08. The summed E-state index contributed by atoms with van der Waals surface area (Å²) >= 11 is 0. The van der Waals surface area contributed by atoms with E-state index in [4.69, 9.17) is 0 Å². The largest absolute Gasteiger partial charge is 0.508 e. The van der Waals surface area contributed by atoms with Crippen LogP contribution in [0.2, 0.25) is 0 Å². The lowest BCUT2D eigenvalue weighted by molar-refractivity contribution is -0.117. The number of hydrogen-bond acceptors (Lipinski definition) is 2. The Bertz CT molecular complexity index is 347. The molecular formula is C11H13NO2. The molecule has 0 unspecified atom stereocenters. The Labute approximate surface area is 83.3 Å². The summed E-state index contributed by atoms with van der Waals surface area (Å²) in [5.74, 6) is 0.103. The molecule has 1 aromatic rings. The first-order valence-corrected chi connectivity index (χ1v) is 4.31. The van der Waals surface area contributed by atoms with Crippen LogP contribution >= 0.6 is 0 Å². The quantitative estimate of drug-likeness (QED) is 0.741. The molecular weight excluding hydrogens is 178 g/mol. The highest BCUT2D eigenvalue weighted by atomic mass is 16.3. The summed E-state index contributed by atoms with van der Waals surface area (Å²) < 4.78 is 0. The summed E-state index contributed by atoms with van der Waals surface area (Å²) in [6, 6.07) is 6.57. The van der Waals surface area contributed by atoms with Crippen molar-refractivity contribution in [3.05, 3.63) is 36.9 Å². The lowest BCUT2D eigenvalue weighted by atomic mass is 10.2. The van der Waals surface area contributed by atoms with Crippen LogP contribution in [0.5, 0.6) is 5.75 Å². The molecule has 14 heavy (non-hydrogen) atoms. The van der Waals surface area contributed by atoms with E-state index in [1.54, 1.807) is 37.4 Å². The van der Waals surface area contributed by atoms with Crippen molar-refractivity contribution in [1.29, 1.82) is 0 Å². The number of carbonyl (C=O) groups is 1. The van der Waals surface area contributed by atoms with E-state index in [1.807, 2.05) is 0 Å². The fraction of sp³-hybridized carbons (Fsp3) is 0.182. The van der Waals surface area contributed by atoms with Gasteiger partial charge in [-0.2, -0.15) is 0 Å². The van der Waals surface area contributed by atoms with Gasteiger partial charge in [0.2, 0.25) is 5.91 Å². The average Bonchev–Trinajstić information content (AvgIpc) is 2.17. The van der Waals surface area contributed by atoms with Gasteiger partial charge in [-0.05, 0) is 12.1 Å². The van der Waals surface area contributed by atoms with E-state index in [0.29, 0.717) is 12.1 Å². The molecule has 0 aliphatic heterocycles. The van der Waals surface area contributed by atoms with E-state index in [-0.39, 0.29) is 11.7 Å². The summed E-state index contributed by atoms with van der Waals surface area (Å²) in [5.41, 5.74) is 0.678. The van der Waals surface area contributed by atoms with Crippen LogP contribution in [0.25, 0.3) is 0 Å². The maximum absolute atomic E-state index is 11.4. The number of phenols is 1. The van der Waals surface area contributed by atoms with E-state index in [0.717, 1.165) is 0 Å². The maximum Gasteiger partial charge on any atom is 0.230 e. The third-order valence-corrected chi connectivity index (χ3v) is 1.91. The maximum atomic E-state index is 11.4. The van der Waals surface area contributed by atoms with E-state index >= 15 is 0 Å². The molecule has 0 saturated heterocycles. The number of hydrogen-bond donors (Lipinski definition) is 1. The first-order valence-electron chi connectivity index (χ1n) is 4.31. The molecule has 0 spiro atoms. The van der Waals surface area contributed by atoms with Crippen molar-refractivity contribution >= 4 is 11.6 Å². The van der Waals surface area contributed by atoms with Crippen LogP contribution in [-0.2, 0) is 4.79 Å². The lowest BCUT2D eigenvalue weighted by Gasteiger charge is -2.16. The van der Waals surface area contributed by atoms with Crippen LogP contribution in [-0.4, -0.2) is 18.1 Å². The Kier molecular flexibility index (Phi) is 3.29. The predicted octanol–water partition coefficient (Wildman–Crippen LogP) is 1.93. The second-order valence-electron chi connectivity index (χ2n) is 2.97. The zero-order chi connectivity index (χ0) is 10.6. The third-order valence-electron chi connectivity index (χ3n) is 1.91. The molecule has 0 aliphatic rings. The number of carbonyl (C=O) groups excluding carboxylic acids is 1. The van der Waals surface area contributed by atoms with Crippen LogP contribution < -0.4 is 4.90 Å². The van der Waals surface area contributed by atoms with Gasteiger partial charge in [0.25, 0.3) is 0 Å². The van der Waals surface area contributed by atoms with Gasteiger partial charge in [-0.25, -0.2) is 0 Å². The third kappa shape index (κ3) is 2.36. The van der Waals surface area contributed by atoms with E-state index < -0.39 is 0 Å². The fourth-order valence-corrected chi connectivity index (χ4v) is 1.11. The molecule has 3 nitrogen and oxygen atoms in total. The molecule has 0 atom stereocenters. The van der Waals surface area contributed by atoms with Crippen molar-refractivity contribution in [2.24, 2.45) is 0 Å². The molecule has 1 aromatic carbocycles. The van der Waals surface area contributed by atoms with Gasteiger partial charge < -0.3 is 10.0 Å². The molecule has 3 heteroatoms. The topological polar surface area (TPSA) is 40.5 Å². The standard InChI is InChI=1S/C11H13NO2/c1-3-5-11(14)12(2)9-6-4-7-10(13)8-9/h3-4,6-8,13H,1,5H2,2H3. The molecule has 1 amide bonds. The predicted molar refractivity (Wildman–Crippen MR) is 56.3 cm³/mol. The first-order chi connectivity index (χ1) is 6.65. The Morgan fingerprint density at radius 1 is 1.64 bits per heavy atom. The summed E-state index contributed by atoms with van der Waals surface area (Å²) in [6.07, 6.45) is 1.85. The Morgan fingerprint density at radius 2 is 2.36 bits per heavy atom. The van der Waals surface area contributed by atoms with E-state index in [9.17, 15) is 9.90 Å². The average molecular weight is 191 g/mol. The normalized spacial score (nSPS) is 9.50. The van der Waals surface area contributed by atoms with Crippen LogP contribution in [0.4, 0.5) is 5.69 Å². The monoisotopic (exact) mass is 191 g/mol. The smallest absolute Gasteiger partial charge is 0.230 e. The van der Waals surface area contributed by atoms with E-state index in [2.05, 4.69) is 6.58 Å². The van der Waals surface area contributed by atoms with Gasteiger partial charge in [0.15, 0.2) is 0 Å². The number of amides is 1. The first kappa shape index (κ1) is 10.3. The highest BCUT2D eigenvalue weighted by molar-refractivity contribution is 5.93. The molecule has 0 saturated carbocycles. The zero-order valence-electron chi connectivity index (χ0n) is 8.10. The van der Waals surface area contributed by atoms with Crippen LogP contribution in [0.3, 0.4) is 0 Å². The molecule has 0 radical (unpaired) electrons. The number of aromatic hydroxyl groups is 1. The molecule has 0 aliphatic carbocycles. The number of rotatable bonds is 3. The minimum absolute atomic E-state index is 0.0504. The van der Waals surface area contributed by atoms with Crippen molar-refractivity contribution < 1.29 is 9.90 Å². The number of phenolic OH excluding ortho intramolecular Hbond substituents is 1. The van der Waals surface area contributed by atoms with Gasteiger partial charge >= 0.3 is 0 Å². The number of benzene rings is 1. The van der Waals surface area contributed by atoms with Crippen LogP contribution in [0.15, 0.2) is 36.9 Å². The minimum Gasteiger partial charge on any atom is -0.508 e. The van der Waals surface area contributed by atoms with Crippen LogP contribution in [0.1, 0.15) is 6.42 Å². The lowest BCUT2D eigenvalue weighted by Crippen LogP contribution is -2.25.